The van der Waals surface area contributed by atoms with Crippen LogP contribution in [-0.2, 0) is 11.3 Å². The number of hydrogen-bond donors (Lipinski definition) is 0. The first kappa shape index (κ1) is 13.3. The molecule has 2 aromatic rings. The largest absolute Gasteiger partial charge is 0.549 e. The molecule has 2 aromatic heterocycles. The van der Waals surface area contributed by atoms with Gasteiger partial charge in [-0.1, -0.05) is 17.8 Å². The highest BCUT2D eigenvalue weighted by Gasteiger charge is 2.13. The summed E-state index contributed by atoms with van der Waals surface area (Å²) >= 11 is 1.07. The lowest BCUT2D eigenvalue weighted by molar-refractivity contribution is -0.301. The number of thioether (sulfide) groups is 1. The number of aliphatic carboxylic acids is 1. The van der Waals surface area contributed by atoms with Crippen LogP contribution >= 0.6 is 11.8 Å². The molecule has 7 heteroatoms. The van der Waals surface area contributed by atoms with Crippen LogP contribution in [0.2, 0.25) is 0 Å². The van der Waals surface area contributed by atoms with Crippen molar-refractivity contribution in [3.63, 3.8) is 0 Å². The molecule has 0 aliphatic rings. The molecule has 0 saturated carbocycles. The van der Waals surface area contributed by atoms with Crippen molar-refractivity contribution in [2.75, 3.05) is 5.75 Å². The van der Waals surface area contributed by atoms with Crippen molar-refractivity contribution in [2.45, 2.75) is 11.7 Å². The van der Waals surface area contributed by atoms with Crippen molar-refractivity contribution in [3.05, 3.63) is 37.2 Å². The maximum atomic E-state index is 10.5. The first-order valence-electron chi connectivity index (χ1n) is 5.49. The van der Waals surface area contributed by atoms with E-state index in [2.05, 4.69) is 21.8 Å². The monoisotopic (exact) mass is 275 g/mol. The van der Waals surface area contributed by atoms with E-state index >= 15 is 0 Å². The fourth-order valence-corrected chi connectivity index (χ4v) is 2.18. The predicted octanol–water partition coefficient (Wildman–Crippen LogP) is 0.368. The normalized spacial score (nSPS) is 10.3. The summed E-state index contributed by atoms with van der Waals surface area (Å²) in [6.45, 7) is 4.17. The Labute approximate surface area is 114 Å². The number of carbonyl (C=O) groups excluding carboxylic acids is 1. The van der Waals surface area contributed by atoms with Gasteiger partial charge in [-0.3, -0.25) is 9.55 Å². The summed E-state index contributed by atoms with van der Waals surface area (Å²) < 4.78 is 1.79. The average Bonchev–Trinajstić information content (AvgIpc) is 2.81. The second-order valence-corrected chi connectivity index (χ2v) is 4.55. The lowest BCUT2D eigenvalue weighted by Gasteiger charge is -2.07. The van der Waals surface area contributed by atoms with E-state index in [4.69, 9.17) is 0 Å². The molecule has 0 unspecified atom stereocenters. The van der Waals surface area contributed by atoms with E-state index in [9.17, 15) is 9.90 Å². The number of allylic oxidation sites excluding steroid dienone is 1. The first-order chi connectivity index (χ1) is 9.22. The van der Waals surface area contributed by atoms with Gasteiger partial charge in [-0.25, -0.2) is 0 Å². The molecule has 0 saturated heterocycles. The third-order valence-electron chi connectivity index (χ3n) is 2.27. The molecule has 0 fully saturated rings. The fourth-order valence-electron chi connectivity index (χ4n) is 1.52. The van der Waals surface area contributed by atoms with Gasteiger partial charge in [-0.05, 0) is 12.1 Å². The molecule has 0 aromatic carbocycles. The maximum absolute atomic E-state index is 10.5. The SMILES string of the molecule is C=CCn1c(SCC(=O)[O-])nnc1-c1cccnc1. The van der Waals surface area contributed by atoms with E-state index in [0.717, 1.165) is 17.3 Å². The maximum Gasteiger partial charge on any atom is 0.192 e. The van der Waals surface area contributed by atoms with E-state index in [1.54, 1.807) is 29.1 Å². The van der Waals surface area contributed by atoms with Crippen molar-refractivity contribution in [1.82, 2.24) is 19.7 Å². The highest BCUT2D eigenvalue weighted by Crippen LogP contribution is 2.23. The molecule has 0 amide bonds. The molecule has 0 aliphatic carbocycles. The van der Waals surface area contributed by atoms with Crippen molar-refractivity contribution in [2.24, 2.45) is 0 Å². The van der Waals surface area contributed by atoms with Crippen LogP contribution in [0.4, 0.5) is 0 Å². The lowest BCUT2D eigenvalue weighted by Crippen LogP contribution is -2.24. The van der Waals surface area contributed by atoms with E-state index in [1.807, 2.05) is 6.07 Å². The lowest BCUT2D eigenvalue weighted by atomic mass is 10.3. The molecule has 0 atom stereocenters. The molecule has 0 bridgehead atoms. The smallest absolute Gasteiger partial charge is 0.192 e. The fraction of sp³-hybridized carbons (Fsp3) is 0.167. The summed E-state index contributed by atoms with van der Waals surface area (Å²) in [5.74, 6) is -0.669. The van der Waals surface area contributed by atoms with Crippen LogP contribution in [0.3, 0.4) is 0 Å². The topological polar surface area (TPSA) is 83.7 Å². The average molecular weight is 275 g/mol. The zero-order chi connectivity index (χ0) is 13.7. The number of carboxylic acids is 1. The molecule has 6 nitrogen and oxygen atoms in total. The first-order valence-corrected chi connectivity index (χ1v) is 6.48. The van der Waals surface area contributed by atoms with E-state index < -0.39 is 5.97 Å². The minimum Gasteiger partial charge on any atom is -0.549 e. The Morgan fingerprint density at radius 3 is 3.00 bits per heavy atom. The number of pyridine rings is 1. The van der Waals surface area contributed by atoms with Crippen LogP contribution in [0.25, 0.3) is 11.4 Å². The van der Waals surface area contributed by atoms with E-state index in [0.29, 0.717) is 17.5 Å². The molecule has 2 rings (SSSR count). The van der Waals surface area contributed by atoms with Gasteiger partial charge >= 0.3 is 0 Å². The van der Waals surface area contributed by atoms with Crippen molar-refractivity contribution in [1.29, 1.82) is 0 Å². The minimum absolute atomic E-state index is 0.164. The number of carbonyl (C=O) groups is 1. The molecule has 0 spiro atoms. The molecule has 0 radical (unpaired) electrons. The zero-order valence-electron chi connectivity index (χ0n) is 10.0. The third-order valence-corrected chi connectivity index (χ3v) is 3.21. The molecule has 0 aliphatic heterocycles. The predicted molar refractivity (Wildman–Crippen MR) is 69.2 cm³/mol. The Morgan fingerprint density at radius 2 is 2.37 bits per heavy atom. The van der Waals surface area contributed by atoms with Gasteiger partial charge in [0.15, 0.2) is 11.0 Å². The highest BCUT2D eigenvalue weighted by atomic mass is 32.2. The van der Waals surface area contributed by atoms with Gasteiger partial charge in [0, 0.05) is 30.3 Å². The molecule has 0 N–H and O–H groups in total. The minimum atomic E-state index is -1.14. The van der Waals surface area contributed by atoms with Gasteiger partial charge in [0.25, 0.3) is 0 Å². The summed E-state index contributed by atoms with van der Waals surface area (Å²) in [5, 5.41) is 19.1. The van der Waals surface area contributed by atoms with E-state index in [1.165, 1.54) is 0 Å². The summed E-state index contributed by atoms with van der Waals surface area (Å²) in [6, 6.07) is 3.67. The standard InChI is InChI=1S/C12H12N4O2S/c1-2-6-16-11(9-4-3-5-13-7-9)14-15-12(16)19-8-10(17)18/h2-5,7H,1,6,8H2,(H,17,18)/p-1. The number of nitrogens with zero attached hydrogens (tertiary/aromatic N) is 4. The van der Waals surface area contributed by atoms with Gasteiger partial charge in [-0.2, -0.15) is 0 Å². The molecule has 98 valence electrons. The Morgan fingerprint density at radius 1 is 1.53 bits per heavy atom. The number of rotatable bonds is 6. The summed E-state index contributed by atoms with van der Waals surface area (Å²) in [6.07, 6.45) is 5.05. The number of aromatic nitrogens is 4. The van der Waals surface area contributed by atoms with Crippen LogP contribution in [0, 0.1) is 0 Å². The van der Waals surface area contributed by atoms with Gasteiger partial charge in [0.2, 0.25) is 0 Å². The van der Waals surface area contributed by atoms with Crippen molar-refractivity contribution < 1.29 is 9.90 Å². The Hall–Kier alpha value is -2.15. The van der Waals surface area contributed by atoms with Crippen LogP contribution in [0.15, 0.2) is 42.3 Å². The van der Waals surface area contributed by atoms with Gasteiger partial charge in [-0.15, -0.1) is 16.8 Å². The van der Waals surface area contributed by atoms with Crippen molar-refractivity contribution >= 4 is 17.7 Å². The number of hydrogen-bond acceptors (Lipinski definition) is 6. The molecular formula is C12H11N4O2S-. The van der Waals surface area contributed by atoms with Crippen LogP contribution in [-0.4, -0.2) is 31.5 Å². The Balaban J connectivity index is 2.34. The van der Waals surface area contributed by atoms with Gasteiger partial charge in [0.05, 0.1) is 5.97 Å². The zero-order valence-corrected chi connectivity index (χ0v) is 10.8. The molecule has 2 heterocycles. The second kappa shape index (κ2) is 6.14. The van der Waals surface area contributed by atoms with Crippen LogP contribution < -0.4 is 5.11 Å². The Bertz CT molecular complexity index is 583. The van der Waals surface area contributed by atoms with Gasteiger partial charge < -0.3 is 9.90 Å². The van der Waals surface area contributed by atoms with Crippen LogP contribution in [0.1, 0.15) is 0 Å². The second-order valence-electron chi connectivity index (χ2n) is 3.61. The number of carboxylic acid groups (broad SMARTS) is 1. The molecular weight excluding hydrogens is 264 g/mol. The molecule has 19 heavy (non-hydrogen) atoms. The quantitative estimate of drug-likeness (QED) is 0.559. The summed E-state index contributed by atoms with van der Waals surface area (Å²) in [4.78, 5) is 14.5. The third kappa shape index (κ3) is 3.19. The van der Waals surface area contributed by atoms with Crippen LogP contribution in [0.5, 0.6) is 0 Å². The highest BCUT2D eigenvalue weighted by molar-refractivity contribution is 7.99. The van der Waals surface area contributed by atoms with Gasteiger partial charge in [0.1, 0.15) is 0 Å². The summed E-state index contributed by atoms with van der Waals surface area (Å²) in [5.41, 5.74) is 0.817. The van der Waals surface area contributed by atoms with Crippen molar-refractivity contribution in [3.8, 4) is 11.4 Å². The summed E-state index contributed by atoms with van der Waals surface area (Å²) in [7, 11) is 0. The van der Waals surface area contributed by atoms with E-state index in [-0.39, 0.29) is 5.75 Å². The Kier molecular flexibility index (Phi) is 4.30.